The molecular weight excluding hydrogens is 368 g/mol. The van der Waals surface area contributed by atoms with E-state index in [1.165, 1.54) is 12.0 Å². The average molecular weight is 387 g/mol. The summed E-state index contributed by atoms with van der Waals surface area (Å²) in [4.78, 5) is 38.6. The van der Waals surface area contributed by atoms with Gasteiger partial charge in [0.15, 0.2) is 0 Å². The number of nitrogens with zero attached hydrogens (tertiary/aromatic N) is 1. The molecule has 1 heterocycles. The molecular formula is C20H19ClN2O4. The molecule has 1 unspecified atom stereocenters. The van der Waals surface area contributed by atoms with Gasteiger partial charge >= 0.3 is 5.97 Å². The molecule has 0 aliphatic carbocycles. The maximum Gasteiger partial charge on any atom is 0.339 e. The quantitative estimate of drug-likeness (QED) is 0.817. The number of hydrogen-bond acceptors (Lipinski definition) is 4. The number of halogens is 1. The van der Waals surface area contributed by atoms with Crippen molar-refractivity contribution < 1.29 is 19.1 Å². The smallest absolute Gasteiger partial charge is 0.339 e. The first-order valence-electron chi connectivity index (χ1n) is 8.46. The summed E-state index contributed by atoms with van der Waals surface area (Å²) in [6.07, 6.45) is 0.0704. The van der Waals surface area contributed by atoms with Crippen LogP contribution in [-0.2, 0) is 14.3 Å². The Morgan fingerprint density at radius 1 is 1.19 bits per heavy atom. The third-order valence-electron chi connectivity index (χ3n) is 4.62. The molecule has 0 saturated carbocycles. The van der Waals surface area contributed by atoms with E-state index in [1.807, 2.05) is 6.92 Å². The average Bonchev–Trinajstić information content (AvgIpc) is 3.06. The molecule has 0 aromatic heterocycles. The number of amides is 2. The molecule has 1 saturated heterocycles. The lowest BCUT2D eigenvalue weighted by Gasteiger charge is -2.19. The zero-order valence-electron chi connectivity index (χ0n) is 15.0. The van der Waals surface area contributed by atoms with Gasteiger partial charge in [0.25, 0.3) is 0 Å². The van der Waals surface area contributed by atoms with Crippen LogP contribution in [0.5, 0.6) is 0 Å². The minimum atomic E-state index is -0.527. The van der Waals surface area contributed by atoms with Crippen LogP contribution in [0.25, 0.3) is 0 Å². The van der Waals surface area contributed by atoms with E-state index in [0.717, 1.165) is 5.56 Å². The fourth-order valence-electron chi connectivity index (χ4n) is 3.09. The van der Waals surface area contributed by atoms with Gasteiger partial charge in [-0.15, -0.1) is 0 Å². The Morgan fingerprint density at radius 3 is 2.67 bits per heavy atom. The van der Waals surface area contributed by atoms with Crippen LogP contribution in [0.1, 0.15) is 22.3 Å². The van der Waals surface area contributed by atoms with Crippen molar-refractivity contribution in [2.45, 2.75) is 13.3 Å². The zero-order valence-corrected chi connectivity index (χ0v) is 15.7. The second-order valence-electron chi connectivity index (χ2n) is 6.32. The summed E-state index contributed by atoms with van der Waals surface area (Å²) in [7, 11) is 1.29. The van der Waals surface area contributed by atoms with E-state index in [4.69, 9.17) is 16.3 Å². The number of methoxy groups -OCH3 is 1. The third kappa shape index (κ3) is 3.80. The summed E-state index contributed by atoms with van der Waals surface area (Å²) in [6.45, 7) is 2.01. The third-order valence-corrected chi connectivity index (χ3v) is 5.03. The zero-order chi connectivity index (χ0) is 19.6. The molecule has 1 N–H and O–H groups in total. The van der Waals surface area contributed by atoms with E-state index in [-0.39, 0.29) is 24.8 Å². The molecule has 2 amide bonds. The highest BCUT2D eigenvalue weighted by molar-refractivity contribution is 6.31. The second-order valence-corrected chi connectivity index (χ2v) is 6.72. The number of para-hydroxylation sites is 1. The summed E-state index contributed by atoms with van der Waals surface area (Å²) in [5.41, 5.74) is 2.13. The highest BCUT2D eigenvalue weighted by atomic mass is 35.5. The summed E-state index contributed by atoms with van der Waals surface area (Å²) in [5, 5.41) is 3.40. The molecule has 140 valence electrons. The van der Waals surface area contributed by atoms with Crippen LogP contribution in [0.3, 0.4) is 0 Å². The molecule has 1 atom stereocenters. The van der Waals surface area contributed by atoms with Gasteiger partial charge in [-0.2, -0.15) is 0 Å². The van der Waals surface area contributed by atoms with Crippen molar-refractivity contribution in [1.82, 2.24) is 0 Å². The lowest BCUT2D eigenvalue weighted by atomic mass is 10.1. The molecule has 2 aromatic carbocycles. The minimum Gasteiger partial charge on any atom is -0.465 e. The standard InChI is InChI=1S/C20H19ClN2O4/c1-12-15(21)7-5-8-16(12)22-19(25)13-10-18(24)23(11-13)17-9-4-3-6-14(17)20(26)27-2/h3-9,13H,10-11H2,1-2H3,(H,22,25). The van der Waals surface area contributed by atoms with E-state index in [1.54, 1.807) is 42.5 Å². The number of ether oxygens (including phenoxy) is 1. The normalized spacial score (nSPS) is 16.3. The Kier molecular flexibility index (Phi) is 5.46. The van der Waals surface area contributed by atoms with Gasteiger partial charge in [-0.05, 0) is 36.8 Å². The van der Waals surface area contributed by atoms with E-state index >= 15 is 0 Å². The largest absolute Gasteiger partial charge is 0.465 e. The van der Waals surface area contributed by atoms with Crippen LogP contribution in [0.4, 0.5) is 11.4 Å². The number of nitrogens with one attached hydrogen (secondary N) is 1. The van der Waals surface area contributed by atoms with Crippen molar-refractivity contribution in [3.05, 3.63) is 58.6 Å². The SMILES string of the molecule is COC(=O)c1ccccc1N1CC(C(=O)Nc2cccc(Cl)c2C)CC1=O. The Labute approximate surface area is 162 Å². The van der Waals surface area contributed by atoms with Crippen LogP contribution >= 0.6 is 11.6 Å². The number of carbonyl (C=O) groups excluding carboxylic acids is 3. The molecule has 2 aromatic rings. The molecule has 0 bridgehead atoms. The summed E-state index contributed by atoms with van der Waals surface area (Å²) < 4.78 is 4.78. The molecule has 27 heavy (non-hydrogen) atoms. The first-order chi connectivity index (χ1) is 12.9. The van der Waals surface area contributed by atoms with Crippen LogP contribution < -0.4 is 10.2 Å². The lowest BCUT2D eigenvalue weighted by molar-refractivity contribution is -0.122. The number of rotatable bonds is 4. The van der Waals surface area contributed by atoms with Crippen LogP contribution in [0.2, 0.25) is 5.02 Å². The Hall–Kier alpha value is -2.86. The number of benzene rings is 2. The van der Waals surface area contributed by atoms with Crippen molar-refractivity contribution >= 4 is 40.8 Å². The van der Waals surface area contributed by atoms with E-state index in [0.29, 0.717) is 22.0 Å². The monoisotopic (exact) mass is 386 g/mol. The van der Waals surface area contributed by atoms with Gasteiger partial charge in [-0.3, -0.25) is 9.59 Å². The summed E-state index contributed by atoms with van der Waals surface area (Å²) in [6, 6.07) is 12.0. The van der Waals surface area contributed by atoms with Gasteiger partial charge < -0.3 is 15.0 Å². The maximum absolute atomic E-state index is 12.7. The molecule has 1 aliphatic heterocycles. The highest BCUT2D eigenvalue weighted by Crippen LogP contribution is 2.30. The van der Waals surface area contributed by atoms with E-state index in [9.17, 15) is 14.4 Å². The number of anilines is 2. The number of hydrogen-bond donors (Lipinski definition) is 1. The van der Waals surface area contributed by atoms with Crippen LogP contribution in [0, 0.1) is 12.8 Å². The minimum absolute atomic E-state index is 0.0704. The van der Waals surface area contributed by atoms with Gasteiger partial charge in [0.05, 0.1) is 24.3 Å². The highest BCUT2D eigenvalue weighted by Gasteiger charge is 2.36. The summed E-state index contributed by atoms with van der Waals surface area (Å²) in [5.74, 6) is -1.52. The van der Waals surface area contributed by atoms with Crippen molar-refractivity contribution in [3.8, 4) is 0 Å². The Bertz CT molecular complexity index is 913. The van der Waals surface area contributed by atoms with Crippen molar-refractivity contribution in [1.29, 1.82) is 0 Å². The molecule has 1 fully saturated rings. The van der Waals surface area contributed by atoms with Gasteiger partial charge in [0.2, 0.25) is 11.8 Å². The fourth-order valence-corrected chi connectivity index (χ4v) is 3.26. The second kappa shape index (κ2) is 7.80. The topological polar surface area (TPSA) is 75.7 Å². The number of esters is 1. The first kappa shape index (κ1) is 18.9. The van der Waals surface area contributed by atoms with Gasteiger partial charge in [-0.25, -0.2) is 4.79 Å². The lowest BCUT2D eigenvalue weighted by Crippen LogP contribution is -2.29. The van der Waals surface area contributed by atoms with E-state index in [2.05, 4.69) is 5.32 Å². The molecule has 1 aliphatic rings. The Morgan fingerprint density at radius 2 is 1.93 bits per heavy atom. The molecule has 6 nitrogen and oxygen atoms in total. The summed E-state index contributed by atoms with van der Waals surface area (Å²) >= 11 is 6.09. The maximum atomic E-state index is 12.7. The van der Waals surface area contributed by atoms with Gasteiger partial charge in [0.1, 0.15) is 0 Å². The van der Waals surface area contributed by atoms with Crippen LogP contribution in [-0.4, -0.2) is 31.4 Å². The van der Waals surface area contributed by atoms with Crippen molar-refractivity contribution in [3.63, 3.8) is 0 Å². The van der Waals surface area contributed by atoms with Gasteiger partial charge in [-0.1, -0.05) is 29.8 Å². The first-order valence-corrected chi connectivity index (χ1v) is 8.84. The number of carbonyl (C=O) groups is 3. The molecule has 0 spiro atoms. The molecule has 7 heteroatoms. The van der Waals surface area contributed by atoms with Crippen LogP contribution in [0.15, 0.2) is 42.5 Å². The van der Waals surface area contributed by atoms with Crippen molar-refractivity contribution in [2.75, 3.05) is 23.9 Å². The van der Waals surface area contributed by atoms with Gasteiger partial charge in [0, 0.05) is 23.7 Å². The van der Waals surface area contributed by atoms with E-state index < -0.39 is 11.9 Å². The predicted octanol–water partition coefficient (Wildman–Crippen LogP) is 3.43. The molecule has 0 radical (unpaired) electrons. The molecule has 3 rings (SSSR count). The predicted molar refractivity (Wildman–Crippen MR) is 103 cm³/mol. The van der Waals surface area contributed by atoms with Crippen molar-refractivity contribution in [2.24, 2.45) is 5.92 Å². The Balaban J connectivity index is 1.79. The fraction of sp³-hybridized carbons (Fsp3) is 0.250.